The first-order valence-electron chi connectivity index (χ1n) is 10.6. The summed E-state index contributed by atoms with van der Waals surface area (Å²) in [7, 11) is 0. The number of benzene rings is 4. The number of imide groups is 1. The second-order valence-electron chi connectivity index (χ2n) is 7.89. The number of aromatic hydroxyl groups is 1. The van der Waals surface area contributed by atoms with Gasteiger partial charge in [0.05, 0.1) is 11.3 Å². The number of carbonyl (C=O) groups is 2. The molecular weight excluding hydrogens is 473 g/mol. The Morgan fingerprint density at radius 3 is 2.36 bits per heavy atom. The minimum atomic E-state index is -4.57. The third-order valence-corrected chi connectivity index (χ3v) is 5.21. The van der Waals surface area contributed by atoms with E-state index in [0.29, 0.717) is 16.5 Å². The van der Waals surface area contributed by atoms with Gasteiger partial charge in [0.2, 0.25) is 0 Å². The maximum Gasteiger partial charge on any atom is 0.416 e. The summed E-state index contributed by atoms with van der Waals surface area (Å²) in [5.74, 6) is -0.867. The van der Waals surface area contributed by atoms with Crippen molar-refractivity contribution in [1.82, 2.24) is 5.32 Å². The number of aryl methyl sites for hydroxylation is 1. The predicted molar refractivity (Wildman–Crippen MR) is 129 cm³/mol. The molecule has 0 aliphatic heterocycles. The number of phenolic OH excluding ortho intramolecular Hbond substituents is 1. The molecule has 0 unspecified atom stereocenters. The molecule has 0 aromatic heterocycles. The lowest BCUT2D eigenvalue weighted by Gasteiger charge is -2.11. The number of anilines is 1. The first-order chi connectivity index (χ1) is 17.1. The molecule has 0 radical (unpaired) electrons. The highest BCUT2D eigenvalue weighted by atomic mass is 19.4. The first-order valence-corrected chi connectivity index (χ1v) is 10.6. The van der Waals surface area contributed by atoms with Gasteiger partial charge in [-0.25, -0.2) is 4.79 Å². The molecule has 4 aromatic rings. The minimum Gasteiger partial charge on any atom is -0.506 e. The number of fused-ring (bicyclic) bond motifs is 1. The van der Waals surface area contributed by atoms with Crippen LogP contribution in [0.2, 0.25) is 0 Å². The van der Waals surface area contributed by atoms with Gasteiger partial charge in [-0.2, -0.15) is 18.3 Å². The van der Waals surface area contributed by atoms with Crippen molar-refractivity contribution in [2.24, 2.45) is 10.2 Å². The smallest absolute Gasteiger partial charge is 0.416 e. The van der Waals surface area contributed by atoms with E-state index in [2.05, 4.69) is 20.9 Å². The Balaban J connectivity index is 1.51. The van der Waals surface area contributed by atoms with E-state index in [-0.39, 0.29) is 22.7 Å². The molecule has 0 heterocycles. The van der Waals surface area contributed by atoms with Crippen LogP contribution in [0.25, 0.3) is 10.8 Å². The van der Waals surface area contributed by atoms with Crippen LogP contribution in [0.15, 0.2) is 89.1 Å². The van der Waals surface area contributed by atoms with Gasteiger partial charge in [0, 0.05) is 16.6 Å². The number of halogens is 3. The molecule has 10 heteroatoms. The van der Waals surface area contributed by atoms with E-state index in [4.69, 9.17) is 0 Å². The number of nitrogens with zero attached hydrogens (tertiary/aromatic N) is 2. The number of urea groups is 1. The third-order valence-electron chi connectivity index (χ3n) is 5.21. The fraction of sp³-hybridized carbons (Fsp3) is 0.0769. The number of alkyl halides is 3. The molecule has 0 atom stereocenters. The number of azo groups is 1. The van der Waals surface area contributed by atoms with Crippen molar-refractivity contribution < 1.29 is 27.9 Å². The Kier molecular flexibility index (Phi) is 6.69. The summed E-state index contributed by atoms with van der Waals surface area (Å²) >= 11 is 0. The van der Waals surface area contributed by atoms with Gasteiger partial charge in [-0.3, -0.25) is 10.1 Å². The van der Waals surface area contributed by atoms with Gasteiger partial charge < -0.3 is 10.4 Å². The molecule has 4 aromatic carbocycles. The molecular formula is C26H19F3N4O3. The highest BCUT2D eigenvalue weighted by Crippen LogP contribution is 2.36. The lowest BCUT2D eigenvalue weighted by Crippen LogP contribution is -2.34. The van der Waals surface area contributed by atoms with Gasteiger partial charge in [0.25, 0.3) is 5.91 Å². The fourth-order valence-electron chi connectivity index (χ4n) is 3.38. The van der Waals surface area contributed by atoms with E-state index in [9.17, 15) is 27.9 Å². The standard InChI is InChI=1S/C26H19F3N4O3/c1-15-5-9-19(10-6-15)32-33-23-21-11-7-17(13-16(21)8-12-22(23)34)24(35)31-25(36)30-20-4-2-3-18(14-20)26(27,28)29/h2-14,34H,1H3,(H2,30,31,35,36). The fourth-order valence-corrected chi connectivity index (χ4v) is 3.38. The number of hydrogen-bond acceptors (Lipinski definition) is 5. The van der Waals surface area contributed by atoms with E-state index >= 15 is 0 Å². The molecule has 3 amide bonds. The van der Waals surface area contributed by atoms with Crippen LogP contribution in [0.5, 0.6) is 5.75 Å². The van der Waals surface area contributed by atoms with Gasteiger partial charge in [0.1, 0.15) is 11.4 Å². The van der Waals surface area contributed by atoms with E-state index in [1.54, 1.807) is 24.3 Å². The molecule has 0 spiro atoms. The second kappa shape index (κ2) is 9.87. The van der Waals surface area contributed by atoms with Crippen molar-refractivity contribution in [2.75, 3.05) is 5.32 Å². The Morgan fingerprint density at radius 1 is 0.889 bits per heavy atom. The lowest BCUT2D eigenvalue weighted by atomic mass is 10.0. The van der Waals surface area contributed by atoms with E-state index in [0.717, 1.165) is 23.8 Å². The summed E-state index contributed by atoms with van der Waals surface area (Å²) < 4.78 is 38.6. The monoisotopic (exact) mass is 492 g/mol. The average Bonchev–Trinajstić information content (AvgIpc) is 2.83. The quantitative estimate of drug-likeness (QED) is 0.261. The van der Waals surface area contributed by atoms with Crippen LogP contribution in [-0.4, -0.2) is 17.0 Å². The molecule has 4 rings (SSSR count). The number of phenols is 1. The lowest BCUT2D eigenvalue weighted by molar-refractivity contribution is -0.137. The van der Waals surface area contributed by atoms with Gasteiger partial charge in [0.15, 0.2) is 0 Å². The van der Waals surface area contributed by atoms with E-state index in [1.165, 1.54) is 24.3 Å². The minimum absolute atomic E-state index is 0.101. The Labute approximate surface area is 203 Å². The molecule has 0 aliphatic rings. The van der Waals surface area contributed by atoms with Gasteiger partial charge >= 0.3 is 12.2 Å². The average molecular weight is 492 g/mol. The Morgan fingerprint density at radius 2 is 1.64 bits per heavy atom. The van der Waals surface area contributed by atoms with Crippen molar-refractivity contribution in [1.29, 1.82) is 0 Å². The third kappa shape index (κ3) is 5.66. The normalized spacial score (nSPS) is 11.6. The Hall–Kier alpha value is -4.73. The SMILES string of the molecule is Cc1ccc(N=Nc2c(O)ccc3cc(C(=O)NC(=O)Nc4cccc(C(F)(F)F)c4)ccc23)cc1. The van der Waals surface area contributed by atoms with Crippen LogP contribution in [0, 0.1) is 6.92 Å². The summed E-state index contributed by atoms with van der Waals surface area (Å²) in [6.07, 6.45) is -4.57. The predicted octanol–water partition coefficient (Wildman–Crippen LogP) is 7.25. The molecule has 0 saturated heterocycles. The van der Waals surface area contributed by atoms with Crippen LogP contribution >= 0.6 is 0 Å². The first kappa shape index (κ1) is 24.4. The molecule has 0 fully saturated rings. The molecule has 0 aliphatic carbocycles. The van der Waals surface area contributed by atoms with E-state index in [1.807, 2.05) is 19.1 Å². The maximum atomic E-state index is 12.9. The zero-order chi connectivity index (χ0) is 25.9. The maximum absolute atomic E-state index is 12.9. The zero-order valence-corrected chi connectivity index (χ0v) is 18.8. The van der Waals surface area contributed by atoms with Gasteiger partial charge in [-0.05, 0) is 60.8 Å². The summed E-state index contributed by atoms with van der Waals surface area (Å²) in [5, 5.41) is 24.0. The molecule has 0 saturated carbocycles. The number of amides is 3. The zero-order valence-electron chi connectivity index (χ0n) is 18.8. The molecule has 0 bridgehead atoms. The molecule has 36 heavy (non-hydrogen) atoms. The number of rotatable bonds is 4. The molecule has 3 N–H and O–H groups in total. The van der Waals surface area contributed by atoms with Crippen LogP contribution in [0.3, 0.4) is 0 Å². The van der Waals surface area contributed by atoms with Crippen molar-refractivity contribution in [3.05, 3.63) is 95.6 Å². The van der Waals surface area contributed by atoms with Crippen molar-refractivity contribution in [2.45, 2.75) is 13.1 Å². The number of nitrogens with one attached hydrogen (secondary N) is 2. The number of hydrogen-bond donors (Lipinski definition) is 3. The van der Waals surface area contributed by atoms with Gasteiger partial charge in [-0.1, -0.05) is 35.9 Å². The van der Waals surface area contributed by atoms with Crippen LogP contribution < -0.4 is 10.6 Å². The van der Waals surface area contributed by atoms with Crippen molar-refractivity contribution in [3.8, 4) is 5.75 Å². The summed E-state index contributed by atoms with van der Waals surface area (Å²) in [4.78, 5) is 24.7. The van der Waals surface area contributed by atoms with Crippen molar-refractivity contribution >= 4 is 39.8 Å². The largest absolute Gasteiger partial charge is 0.506 e. The van der Waals surface area contributed by atoms with Gasteiger partial charge in [-0.15, -0.1) is 5.11 Å². The topological polar surface area (TPSA) is 103 Å². The summed E-state index contributed by atoms with van der Waals surface area (Å²) in [6.45, 7) is 1.94. The number of carbonyl (C=O) groups excluding carboxylic acids is 2. The van der Waals surface area contributed by atoms with Crippen LogP contribution in [0.4, 0.5) is 35.0 Å². The Bertz CT molecular complexity index is 1480. The molecule has 182 valence electrons. The second-order valence-corrected chi connectivity index (χ2v) is 7.89. The van der Waals surface area contributed by atoms with Crippen LogP contribution in [-0.2, 0) is 6.18 Å². The molecule has 7 nitrogen and oxygen atoms in total. The van der Waals surface area contributed by atoms with Crippen LogP contribution in [0.1, 0.15) is 21.5 Å². The van der Waals surface area contributed by atoms with Crippen molar-refractivity contribution in [3.63, 3.8) is 0 Å². The highest BCUT2D eigenvalue weighted by molar-refractivity contribution is 6.10. The summed E-state index contributed by atoms with van der Waals surface area (Å²) in [5.41, 5.74) is 0.944. The van der Waals surface area contributed by atoms with E-state index < -0.39 is 23.7 Å². The summed E-state index contributed by atoms with van der Waals surface area (Å²) in [6, 6.07) is 17.9. The highest BCUT2D eigenvalue weighted by Gasteiger charge is 2.30.